The van der Waals surface area contributed by atoms with E-state index in [1.165, 1.54) is 18.4 Å². The Labute approximate surface area is 117 Å². The van der Waals surface area contributed by atoms with Crippen LogP contribution in [0.5, 0.6) is 0 Å². The van der Waals surface area contributed by atoms with Gasteiger partial charge in [-0.1, -0.05) is 11.6 Å². The molecular weight excluding hydrogens is 267 g/mol. The Hall–Kier alpha value is -0.730. The summed E-state index contributed by atoms with van der Waals surface area (Å²) >= 11 is 11.9. The predicted octanol–water partition coefficient (Wildman–Crippen LogP) is 4.44. The van der Waals surface area contributed by atoms with Crippen LogP contribution >= 0.6 is 23.2 Å². The van der Waals surface area contributed by atoms with Crippen LogP contribution in [0.3, 0.4) is 0 Å². The number of fused-ring (bicyclic) bond motifs is 1. The first-order chi connectivity index (χ1) is 8.70. The summed E-state index contributed by atoms with van der Waals surface area (Å²) in [6, 6.07) is 6.45. The Morgan fingerprint density at radius 1 is 1.44 bits per heavy atom. The summed E-state index contributed by atoms with van der Waals surface area (Å²) in [5.74, 6) is 2.49. The van der Waals surface area contributed by atoms with Crippen molar-refractivity contribution in [1.82, 2.24) is 9.55 Å². The lowest BCUT2D eigenvalue weighted by Gasteiger charge is -2.16. The number of aryl methyl sites for hydroxylation is 1. The minimum atomic E-state index is 0.509. The highest BCUT2D eigenvalue weighted by atomic mass is 35.5. The maximum atomic E-state index is 6.04. The Kier molecular flexibility index (Phi) is 3.25. The van der Waals surface area contributed by atoms with E-state index in [1.807, 2.05) is 12.1 Å². The molecule has 1 aliphatic carbocycles. The van der Waals surface area contributed by atoms with Crippen molar-refractivity contribution >= 4 is 34.2 Å². The lowest BCUT2D eigenvalue weighted by Crippen LogP contribution is -2.11. The Morgan fingerprint density at radius 2 is 2.22 bits per heavy atom. The highest BCUT2D eigenvalue weighted by Gasteiger charge is 2.31. The molecule has 1 fully saturated rings. The van der Waals surface area contributed by atoms with Gasteiger partial charge in [-0.25, -0.2) is 4.98 Å². The van der Waals surface area contributed by atoms with E-state index in [0.717, 1.165) is 28.7 Å². The molecule has 0 radical (unpaired) electrons. The van der Waals surface area contributed by atoms with Crippen molar-refractivity contribution in [3.63, 3.8) is 0 Å². The number of hydrogen-bond acceptors (Lipinski definition) is 1. The number of imidazole rings is 1. The van der Waals surface area contributed by atoms with Crippen molar-refractivity contribution in [2.45, 2.75) is 32.2 Å². The summed E-state index contributed by atoms with van der Waals surface area (Å²) < 4.78 is 2.35. The largest absolute Gasteiger partial charge is 0.325 e. The lowest BCUT2D eigenvalue weighted by atomic mass is 10.2. The molecule has 0 saturated heterocycles. The fraction of sp³-hybridized carbons (Fsp3) is 0.500. The van der Waals surface area contributed by atoms with Gasteiger partial charge in [-0.2, -0.15) is 0 Å². The molecule has 1 unspecified atom stereocenters. The van der Waals surface area contributed by atoms with Crippen LogP contribution in [0.2, 0.25) is 5.02 Å². The van der Waals surface area contributed by atoms with Crippen molar-refractivity contribution in [2.75, 3.05) is 5.88 Å². The maximum absolute atomic E-state index is 6.04. The number of alkyl halides is 1. The van der Waals surface area contributed by atoms with Crippen LogP contribution in [0.15, 0.2) is 18.2 Å². The third kappa shape index (κ3) is 2.12. The van der Waals surface area contributed by atoms with Gasteiger partial charge >= 0.3 is 0 Å². The fourth-order valence-electron chi connectivity index (χ4n) is 2.63. The molecule has 4 heteroatoms. The van der Waals surface area contributed by atoms with Crippen molar-refractivity contribution in [3.8, 4) is 0 Å². The number of hydrogen-bond donors (Lipinski definition) is 0. The van der Waals surface area contributed by atoms with Gasteiger partial charge in [0.25, 0.3) is 0 Å². The van der Waals surface area contributed by atoms with E-state index in [4.69, 9.17) is 23.2 Å². The van der Waals surface area contributed by atoms with E-state index in [9.17, 15) is 0 Å². The van der Waals surface area contributed by atoms with Crippen LogP contribution in [0.1, 0.15) is 31.6 Å². The van der Waals surface area contributed by atoms with Gasteiger partial charge in [0.1, 0.15) is 5.82 Å². The van der Waals surface area contributed by atoms with E-state index in [-0.39, 0.29) is 0 Å². The topological polar surface area (TPSA) is 17.8 Å². The lowest BCUT2D eigenvalue weighted by molar-refractivity contribution is 0.482. The van der Waals surface area contributed by atoms with Crippen LogP contribution in [-0.4, -0.2) is 15.4 Å². The Bertz CT molecular complexity index is 572. The highest BCUT2D eigenvalue weighted by molar-refractivity contribution is 6.31. The second-order valence-corrected chi connectivity index (χ2v) is 5.86. The fourth-order valence-corrected chi connectivity index (χ4v) is 2.96. The molecule has 96 valence electrons. The average molecular weight is 283 g/mol. The van der Waals surface area contributed by atoms with E-state index in [0.29, 0.717) is 11.9 Å². The SMILES string of the molecule is CC(C1CC1)n1c(CCCl)nc2cc(Cl)ccc21. The maximum Gasteiger partial charge on any atom is 0.111 e. The summed E-state index contributed by atoms with van der Waals surface area (Å²) in [5.41, 5.74) is 2.16. The first-order valence-corrected chi connectivity index (χ1v) is 7.34. The Morgan fingerprint density at radius 3 is 2.89 bits per heavy atom. The van der Waals surface area contributed by atoms with Gasteiger partial charge in [0.15, 0.2) is 0 Å². The van der Waals surface area contributed by atoms with Gasteiger partial charge in [-0.15, -0.1) is 11.6 Å². The molecule has 2 aromatic rings. The third-order valence-corrected chi connectivity index (χ3v) is 4.18. The number of halogens is 2. The van der Waals surface area contributed by atoms with Crippen LogP contribution < -0.4 is 0 Å². The molecule has 0 aliphatic heterocycles. The van der Waals surface area contributed by atoms with Crippen LogP contribution in [0, 0.1) is 5.92 Å². The first-order valence-electron chi connectivity index (χ1n) is 6.43. The zero-order chi connectivity index (χ0) is 12.7. The van der Waals surface area contributed by atoms with Gasteiger partial charge < -0.3 is 4.57 Å². The van der Waals surface area contributed by atoms with Gasteiger partial charge in [0.05, 0.1) is 11.0 Å². The molecule has 1 aromatic heterocycles. The Balaban J connectivity index is 2.14. The molecule has 0 spiro atoms. The van der Waals surface area contributed by atoms with Gasteiger partial charge in [-0.05, 0) is 43.9 Å². The second-order valence-electron chi connectivity index (χ2n) is 5.05. The zero-order valence-electron chi connectivity index (χ0n) is 10.4. The van der Waals surface area contributed by atoms with Crippen LogP contribution in [0.25, 0.3) is 11.0 Å². The first kappa shape index (κ1) is 12.3. The molecule has 1 aliphatic rings. The molecule has 0 bridgehead atoms. The third-order valence-electron chi connectivity index (χ3n) is 3.75. The molecule has 18 heavy (non-hydrogen) atoms. The van der Waals surface area contributed by atoms with Crippen molar-refractivity contribution < 1.29 is 0 Å². The van der Waals surface area contributed by atoms with Crippen LogP contribution in [0.4, 0.5) is 0 Å². The van der Waals surface area contributed by atoms with Crippen molar-refractivity contribution in [1.29, 1.82) is 0 Å². The minimum Gasteiger partial charge on any atom is -0.325 e. The smallest absolute Gasteiger partial charge is 0.111 e. The molecule has 1 atom stereocenters. The quantitative estimate of drug-likeness (QED) is 0.758. The van der Waals surface area contributed by atoms with E-state index in [2.05, 4.69) is 22.5 Å². The molecule has 0 amide bonds. The number of rotatable bonds is 4. The molecule has 2 nitrogen and oxygen atoms in total. The van der Waals surface area contributed by atoms with Crippen molar-refractivity contribution in [2.24, 2.45) is 5.92 Å². The molecule has 3 rings (SSSR count). The average Bonchev–Trinajstić information content (AvgIpc) is 3.11. The summed E-state index contributed by atoms with van der Waals surface area (Å²) in [6.45, 7) is 2.28. The summed E-state index contributed by atoms with van der Waals surface area (Å²) in [6.07, 6.45) is 3.47. The molecular formula is C14H16Cl2N2. The summed E-state index contributed by atoms with van der Waals surface area (Å²) in [5, 5.41) is 0.739. The zero-order valence-corrected chi connectivity index (χ0v) is 11.9. The molecule has 1 aromatic carbocycles. The highest BCUT2D eigenvalue weighted by Crippen LogP contribution is 2.41. The molecule has 1 saturated carbocycles. The van der Waals surface area contributed by atoms with E-state index >= 15 is 0 Å². The monoisotopic (exact) mass is 282 g/mol. The normalized spacial score (nSPS) is 17.3. The number of benzene rings is 1. The van der Waals surface area contributed by atoms with Gasteiger partial charge in [-0.3, -0.25) is 0 Å². The van der Waals surface area contributed by atoms with E-state index in [1.54, 1.807) is 0 Å². The number of nitrogens with zero attached hydrogens (tertiary/aromatic N) is 2. The standard InChI is InChI=1S/C14H16Cl2N2/c1-9(10-2-3-10)18-13-5-4-11(16)8-12(13)17-14(18)6-7-15/h4-5,8-10H,2-3,6-7H2,1H3. The van der Waals surface area contributed by atoms with Crippen molar-refractivity contribution in [3.05, 3.63) is 29.0 Å². The van der Waals surface area contributed by atoms with E-state index < -0.39 is 0 Å². The summed E-state index contributed by atoms with van der Waals surface area (Å²) in [4.78, 5) is 4.69. The van der Waals surface area contributed by atoms with Gasteiger partial charge in [0.2, 0.25) is 0 Å². The van der Waals surface area contributed by atoms with Gasteiger partial charge in [0, 0.05) is 23.4 Å². The summed E-state index contributed by atoms with van der Waals surface area (Å²) in [7, 11) is 0. The molecule has 0 N–H and O–H groups in total. The molecule has 1 heterocycles. The van der Waals surface area contributed by atoms with Crippen LogP contribution in [-0.2, 0) is 6.42 Å². The number of aromatic nitrogens is 2. The predicted molar refractivity (Wildman–Crippen MR) is 76.6 cm³/mol. The minimum absolute atomic E-state index is 0.509. The second kappa shape index (κ2) is 4.75.